The van der Waals surface area contributed by atoms with Crippen LogP contribution in [0.25, 0.3) is 0 Å². The molecule has 2 atom stereocenters. The van der Waals surface area contributed by atoms with E-state index in [4.69, 9.17) is 0 Å². The van der Waals surface area contributed by atoms with Crippen LogP contribution in [-0.4, -0.2) is 0 Å². The molecule has 0 spiro atoms. The van der Waals surface area contributed by atoms with E-state index in [-0.39, 0.29) is 0 Å². The van der Waals surface area contributed by atoms with Gasteiger partial charge in [-0.1, -0.05) is 118 Å². The van der Waals surface area contributed by atoms with Crippen molar-refractivity contribution in [1.29, 1.82) is 0 Å². The van der Waals surface area contributed by atoms with E-state index in [1.807, 2.05) is 0 Å². The lowest BCUT2D eigenvalue weighted by molar-refractivity contribution is 0.436. The van der Waals surface area contributed by atoms with Gasteiger partial charge >= 0.3 is 0 Å². The van der Waals surface area contributed by atoms with E-state index in [0.29, 0.717) is 0 Å². The molecule has 0 aromatic rings. The smallest absolute Gasteiger partial charge is 0.00912 e. The van der Waals surface area contributed by atoms with Gasteiger partial charge in [-0.15, -0.1) is 11.8 Å². The maximum absolute atomic E-state index is 3.38. The second kappa shape index (κ2) is 20.9. The molecule has 0 aliphatic heterocycles. The molecule has 0 radical (unpaired) electrons. The fraction of sp³-hybridized carbons (Fsp3) is 0.923. The summed E-state index contributed by atoms with van der Waals surface area (Å²) < 4.78 is 0. The zero-order chi connectivity index (χ0) is 19.3. The highest BCUT2D eigenvalue weighted by atomic mass is 14.1. The van der Waals surface area contributed by atoms with Crippen molar-refractivity contribution in [2.45, 2.75) is 143 Å². The largest absolute Gasteiger partial charge is 0.103 e. The molecule has 0 saturated carbocycles. The highest BCUT2D eigenvalue weighted by Crippen LogP contribution is 2.18. The van der Waals surface area contributed by atoms with Crippen LogP contribution in [0, 0.1) is 23.7 Å². The van der Waals surface area contributed by atoms with Crippen LogP contribution >= 0.6 is 0 Å². The summed E-state index contributed by atoms with van der Waals surface area (Å²) in [7, 11) is 0. The molecule has 0 amide bonds. The molecule has 0 N–H and O–H groups in total. The highest BCUT2D eigenvalue weighted by Gasteiger charge is 2.01. The van der Waals surface area contributed by atoms with Crippen molar-refractivity contribution in [2.75, 3.05) is 0 Å². The van der Waals surface area contributed by atoms with Crippen LogP contribution in [0.4, 0.5) is 0 Å². The fourth-order valence-corrected chi connectivity index (χ4v) is 3.79. The van der Waals surface area contributed by atoms with Gasteiger partial charge < -0.3 is 0 Å². The van der Waals surface area contributed by atoms with Gasteiger partial charge in [-0.25, -0.2) is 0 Å². The molecule has 0 aliphatic carbocycles. The maximum Gasteiger partial charge on any atom is 0.00912 e. The molecule has 0 saturated heterocycles. The van der Waals surface area contributed by atoms with Crippen molar-refractivity contribution in [2.24, 2.45) is 11.8 Å². The van der Waals surface area contributed by atoms with Crippen LogP contribution in [0.1, 0.15) is 143 Å². The van der Waals surface area contributed by atoms with E-state index < -0.39 is 0 Å². The van der Waals surface area contributed by atoms with E-state index in [1.54, 1.807) is 0 Å². The molecule has 2 unspecified atom stereocenters. The molecule has 0 nitrogen and oxygen atoms in total. The summed E-state index contributed by atoms with van der Waals surface area (Å²) in [6.07, 6.45) is 24.7. The van der Waals surface area contributed by atoms with E-state index in [1.165, 1.54) is 103 Å². The normalized spacial score (nSPS) is 13.2. The van der Waals surface area contributed by atoms with Crippen molar-refractivity contribution in [3.8, 4) is 11.8 Å². The lowest BCUT2D eigenvalue weighted by Gasteiger charge is -2.10. The molecule has 0 fully saturated rings. The van der Waals surface area contributed by atoms with Gasteiger partial charge in [0.1, 0.15) is 0 Å². The number of hydrogen-bond donors (Lipinski definition) is 0. The third-order valence-corrected chi connectivity index (χ3v) is 5.72. The van der Waals surface area contributed by atoms with Gasteiger partial charge in [0.2, 0.25) is 0 Å². The first-order chi connectivity index (χ1) is 12.7. The van der Waals surface area contributed by atoms with Crippen molar-refractivity contribution in [3.63, 3.8) is 0 Å². The van der Waals surface area contributed by atoms with Crippen LogP contribution < -0.4 is 0 Å². The number of rotatable bonds is 18. The summed E-state index contributed by atoms with van der Waals surface area (Å²) in [4.78, 5) is 0. The van der Waals surface area contributed by atoms with Gasteiger partial charge in [-0.2, -0.15) is 0 Å². The van der Waals surface area contributed by atoms with Crippen LogP contribution in [0.5, 0.6) is 0 Å². The Kier molecular flexibility index (Phi) is 20.5. The molecule has 0 heterocycles. The fourth-order valence-electron chi connectivity index (χ4n) is 3.79. The zero-order valence-electron chi connectivity index (χ0n) is 18.9. The summed E-state index contributed by atoms with van der Waals surface area (Å²) >= 11 is 0. The molecule has 0 heteroatoms. The van der Waals surface area contributed by atoms with E-state index >= 15 is 0 Å². The van der Waals surface area contributed by atoms with Crippen LogP contribution in [0.15, 0.2) is 0 Å². The van der Waals surface area contributed by atoms with Gasteiger partial charge in [-0.05, 0) is 24.7 Å². The molecule has 0 aliphatic rings. The van der Waals surface area contributed by atoms with Crippen molar-refractivity contribution < 1.29 is 0 Å². The summed E-state index contributed by atoms with van der Waals surface area (Å²) in [5.41, 5.74) is 0. The predicted octanol–water partition coefficient (Wildman–Crippen LogP) is 9.32. The predicted molar refractivity (Wildman–Crippen MR) is 121 cm³/mol. The Hall–Kier alpha value is -0.440. The van der Waals surface area contributed by atoms with Gasteiger partial charge in [-0.3, -0.25) is 0 Å². The van der Waals surface area contributed by atoms with Crippen molar-refractivity contribution in [1.82, 2.24) is 0 Å². The minimum atomic E-state index is 0.860. The molecule has 154 valence electrons. The topological polar surface area (TPSA) is 0 Å². The lowest BCUT2D eigenvalue weighted by atomic mass is 9.96. The first-order valence-electron chi connectivity index (χ1n) is 12.2. The average molecular weight is 363 g/mol. The number of unbranched alkanes of at least 4 members (excludes halogenated alkanes) is 10. The monoisotopic (exact) mass is 362 g/mol. The summed E-state index contributed by atoms with van der Waals surface area (Å²) in [6.45, 7) is 9.38. The third kappa shape index (κ3) is 19.9. The average Bonchev–Trinajstić information content (AvgIpc) is 2.62. The molecular formula is C26H50. The lowest BCUT2D eigenvalue weighted by Crippen LogP contribution is -1.94. The standard InChI is InChI=1S/C26H50/c1-5-7-18-22-26(4)24-20-17-15-13-11-9-8-10-12-14-16-19-23-25(3)21-6-2/h25-26H,5-13,15,17-24H2,1-4H3. The van der Waals surface area contributed by atoms with Gasteiger partial charge in [0.05, 0.1) is 0 Å². The van der Waals surface area contributed by atoms with Crippen LogP contribution in [0.2, 0.25) is 0 Å². The Bertz CT molecular complexity index is 319. The van der Waals surface area contributed by atoms with Crippen molar-refractivity contribution >= 4 is 0 Å². The minimum absolute atomic E-state index is 0.860. The molecule has 0 aromatic heterocycles. The minimum Gasteiger partial charge on any atom is -0.103 e. The molecule has 26 heavy (non-hydrogen) atoms. The molecule has 0 bridgehead atoms. The van der Waals surface area contributed by atoms with Gasteiger partial charge in [0.15, 0.2) is 0 Å². The van der Waals surface area contributed by atoms with Crippen LogP contribution in [0.3, 0.4) is 0 Å². The first-order valence-corrected chi connectivity index (χ1v) is 12.2. The Morgan fingerprint density at radius 1 is 0.462 bits per heavy atom. The molecule has 0 aromatic carbocycles. The second-order valence-corrected chi connectivity index (χ2v) is 8.75. The zero-order valence-corrected chi connectivity index (χ0v) is 18.9. The van der Waals surface area contributed by atoms with E-state index in [0.717, 1.165) is 24.7 Å². The number of hydrogen-bond acceptors (Lipinski definition) is 0. The van der Waals surface area contributed by atoms with E-state index in [2.05, 4.69) is 39.5 Å². The molecule has 0 rings (SSSR count). The first kappa shape index (κ1) is 25.6. The Morgan fingerprint density at radius 2 is 0.962 bits per heavy atom. The van der Waals surface area contributed by atoms with Crippen LogP contribution in [-0.2, 0) is 0 Å². The third-order valence-electron chi connectivity index (χ3n) is 5.72. The molecular weight excluding hydrogens is 312 g/mol. The summed E-state index contributed by atoms with van der Waals surface area (Å²) in [6, 6.07) is 0. The highest BCUT2D eigenvalue weighted by molar-refractivity contribution is 4.98. The Labute approximate surface area is 167 Å². The quantitative estimate of drug-likeness (QED) is 0.168. The Balaban J connectivity index is 3.22. The van der Waals surface area contributed by atoms with E-state index in [9.17, 15) is 0 Å². The van der Waals surface area contributed by atoms with Gasteiger partial charge in [0, 0.05) is 12.8 Å². The summed E-state index contributed by atoms with van der Waals surface area (Å²) in [5, 5.41) is 0. The SMILES string of the molecule is CCCCCC(C)CCCCCCCCCCC#CCCC(C)CCC. The van der Waals surface area contributed by atoms with Crippen molar-refractivity contribution in [3.05, 3.63) is 0 Å². The Morgan fingerprint density at radius 3 is 1.58 bits per heavy atom. The maximum atomic E-state index is 3.38. The van der Waals surface area contributed by atoms with Gasteiger partial charge in [0.25, 0.3) is 0 Å². The second-order valence-electron chi connectivity index (χ2n) is 8.75. The summed E-state index contributed by atoms with van der Waals surface area (Å²) in [5.74, 6) is 8.57.